The standard InChI is InChI=1S/C24H26FN3O2/c1-24(2,18-11-16(14-26)12-19(25)13-18)23(30)27-15-21(17-7-4-3-5-8-17)22(29)28-20-9-6-10-20/h3-5,7-8,11-13,20-21H,6,9-10,15H2,1-2H3,(H,27,30)(H,28,29)/t21-/m1/s1. The van der Waals surface area contributed by atoms with Crippen LogP contribution in [0.15, 0.2) is 48.5 Å². The monoisotopic (exact) mass is 407 g/mol. The molecule has 1 saturated carbocycles. The van der Waals surface area contributed by atoms with Crippen LogP contribution in [0.2, 0.25) is 0 Å². The second kappa shape index (κ2) is 9.08. The SMILES string of the molecule is CC(C)(C(=O)NC[C@@H](C(=O)NC1CCC1)c1ccccc1)c1cc(F)cc(C#N)c1. The number of nitrogens with one attached hydrogen (secondary N) is 2. The minimum atomic E-state index is -1.07. The van der Waals surface area contributed by atoms with E-state index in [9.17, 15) is 14.0 Å². The number of amides is 2. The lowest BCUT2D eigenvalue weighted by Crippen LogP contribution is -2.47. The van der Waals surface area contributed by atoms with E-state index in [1.807, 2.05) is 36.4 Å². The van der Waals surface area contributed by atoms with Gasteiger partial charge in [0, 0.05) is 12.6 Å². The summed E-state index contributed by atoms with van der Waals surface area (Å²) >= 11 is 0. The van der Waals surface area contributed by atoms with Gasteiger partial charge in [-0.3, -0.25) is 9.59 Å². The van der Waals surface area contributed by atoms with Crippen molar-refractivity contribution in [3.8, 4) is 6.07 Å². The summed E-state index contributed by atoms with van der Waals surface area (Å²) in [7, 11) is 0. The molecule has 0 saturated heterocycles. The summed E-state index contributed by atoms with van der Waals surface area (Å²) in [6, 6.07) is 15.4. The van der Waals surface area contributed by atoms with Crippen molar-refractivity contribution in [2.75, 3.05) is 6.54 Å². The number of nitriles is 1. The number of hydrogen-bond donors (Lipinski definition) is 2. The third kappa shape index (κ3) is 4.85. The lowest BCUT2D eigenvalue weighted by molar-refractivity contribution is -0.126. The Kier molecular flexibility index (Phi) is 6.51. The van der Waals surface area contributed by atoms with E-state index in [-0.39, 0.29) is 30.0 Å². The van der Waals surface area contributed by atoms with Crippen LogP contribution in [0.4, 0.5) is 4.39 Å². The second-order valence-corrected chi connectivity index (χ2v) is 8.28. The van der Waals surface area contributed by atoms with Crippen LogP contribution >= 0.6 is 0 Å². The third-order valence-electron chi connectivity index (χ3n) is 5.75. The molecule has 0 aromatic heterocycles. The van der Waals surface area contributed by atoms with Gasteiger partial charge in [0.2, 0.25) is 11.8 Å². The van der Waals surface area contributed by atoms with Crippen molar-refractivity contribution in [1.29, 1.82) is 5.26 Å². The molecular weight excluding hydrogens is 381 g/mol. The molecule has 2 N–H and O–H groups in total. The van der Waals surface area contributed by atoms with Crippen molar-refractivity contribution >= 4 is 11.8 Å². The van der Waals surface area contributed by atoms with Crippen molar-refractivity contribution < 1.29 is 14.0 Å². The van der Waals surface area contributed by atoms with E-state index < -0.39 is 17.2 Å². The van der Waals surface area contributed by atoms with E-state index in [1.165, 1.54) is 12.1 Å². The first kappa shape index (κ1) is 21.5. The highest BCUT2D eigenvalue weighted by Crippen LogP contribution is 2.26. The van der Waals surface area contributed by atoms with Gasteiger partial charge in [-0.1, -0.05) is 30.3 Å². The van der Waals surface area contributed by atoms with Crippen LogP contribution < -0.4 is 10.6 Å². The average Bonchev–Trinajstić information content (AvgIpc) is 2.71. The predicted octanol–water partition coefficient (Wildman–Crippen LogP) is 3.54. The van der Waals surface area contributed by atoms with Crippen LogP contribution in [0, 0.1) is 17.1 Å². The van der Waals surface area contributed by atoms with Crippen molar-refractivity contribution in [3.63, 3.8) is 0 Å². The molecule has 0 spiro atoms. The molecule has 0 unspecified atom stereocenters. The van der Waals surface area contributed by atoms with Gasteiger partial charge < -0.3 is 10.6 Å². The van der Waals surface area contributed by atoms with Gasteiger partial charge in [0.1, 0.15) is 5.82 Å². The molecule has 0 aliphatic heterocycles. The summed E-state index contributed by atoms with van der Waals surface area (Å²) in [6.45, 7) is 3.47. The number of carbonyl (C=O) groups is 2. The Bertz CT molecular complexity index is 962. The smallest absolute Gasteiger partial charge is 0.230 e. The van der Waals surface area contributed by atoms with Gasteiger partial charge in [0.15, 0.2) is 0 Å². The Morgan fingerprint density at radius 2 is 1.90 bits per heavy atom. The Morgan fingerprint density at radius 3 is 2.50 bits per heavy atom. The quantitative estimate of drug-likeness (QED) is 0.737. The lowest BCUT2D eigenvalue weighted by atomic mass is 9.82. The maximum absolute atomic E-state index is 13.9. The molecule has 3 rings (SSSR count). The van der Waals surface area contributed by atoms with E-state index >= 15 is 0 Å². The predicted molar refractivity (Wildman–Crippen MR) is 112 cm³/mol. The number of rotatable bonds is 7. The van der Waals surface area contributed by atoms with Crippen molar-refractivity contribution in [2.45, 2.75) is 50.5 Å². The van der Waals surface area contributed by atoms with E-state index in [0.29, 0.717) is 5.56 Å². The molecule has 0 heterocycles. The van der Waals surface area contributed by atoms with Crippen LogP contribution in [-0.2, 0) is 15.0 Å². The fraction of sp³-hybridized carbons (Fsp3) is 0.375. The Balaban J connectivity index is 1.75. The fourth-order valence-electron chi connectivity index (χ4n) is 3.46. The van der Waals surface area contributed by atoms with Gasteiger partial charge in [0.25, 0.3) is 0 Å². The first-order valence-electron chi connectivity index (χ1n) is 10.2. The van der Waals surface area contributed by atoms with Gasteiger partial charge in [-0.05, 0) is 62.4 Å². The zero-order chi connectivity index (χ0) is 21.7. The zero-order valence-corrected chi connectivity index (χ0v) is 17.2. The van der Waals surface area contributed by atoms with Gasteiger partial charge in [-0.2, -0.15) is 5.26 Å². The molecule has 1 aliphatic rings. The van der Waals surface area contributed by atoms with Crippen molar-refractivity contribution in [2.24, 2.45) is 0 Å². The molecule has 2 aromatic rings. The summed E-state index contributed by atoms with van der Waals surface area (Å²) in [6.07, 6.45) is 3.07. The molecule has 30 heavy (non-hydrogen) atoms. The normalized spacial score (nSPS) is 14.9. The van der Waals surface area contributed by atoms with Gasteiger partial charge >= 0.3 is 0 Å². The molecule has 2 amide bonds. The maximum Gasteiger partial charge on any atom is 0.230 e. The summed E-state index contributed by atoms with van der Waals surface area (Å²) in [5.41, 5.74) is 0.323. The van der Waals surface area contributed by atoms with E-state index in [4.69, 9.17) is 5.26 Å². The molecule has 1 atom stereocenters. The number of carbonyl (C=O) groups excluding carboxylic acids is 2. The molecule has 156 valence electrons. The van der Waals surface area contributed by atoms with Crippen molar-refractivity contribution in [1.82, 2.24) is 10.6 Å². The largest absolute Gasteiger partial charge is 0.354 e. The van der Waals surface area contributed by atoms with Gasteiger partial charge in [0.05, 0.1) is 23.0 Å². The number of nitrogens with zero attached hydrogens (tertiary/aromatic N) is 1. The number of benzene rings is 2. The van der Waals surface area contributed by atoms with E-state index in [2.05, 4.69) is 10.6 Å². The lowest BCUT2D eigenvalue weighted by Gasteiger charge is -2.30. The molecule has 5 nitrogen and oxygen atoms in total. The Morgan fingerprint density at radius 1 is 1.20 bits per heavy atom. The summed E-state index contributed by atoms with van der Waals surface area (Å²) in [5, 5.41) is 15.0. The molecule has 6 heteroatoms. The molecule has 0 radical (unpaired) electrons. The third-order valence-corrected chi connectivity index (χ3v) is 5.75. The zero-order valence-electron chi connectivity index (χ0n) is 17.2. The van der Waals surface area contributed by atoms with Crippen LogP contribution in [0.5, 0.6) is 0 Å². The average molecular weight is 407 g/mol. The Labute approximate surface area is 176 Å². The maximum atomic E-state index is 13.9. The van der Waals surface area contributed by atoms with Crippen LogP contribution in [0.25, 0.3) is 0 Å². The Hall–Kier alpha value is -3.20. The molecule has 1 fully saturated rings. The highest BCUT2D eigenvalue weighted by molar-refractivity contribution is 5.89. The first-order chi connectivity index (χ1) is 14.3. The van der Waals surface area contributed by atoms with Gasteiger partial charge in [-0.25, -0.2) is 4.39 Å². The summed E-state index contributed by atoms with van der Waals surface area (Å²) < 4.78 is 13.9. The number of halogens is 1. The highest BCUT2D eigenvalue weighted by Gasteiger charge is 2.32. The second-order valence-electron chi connectivity index (χ2n) is 8.28. The summed E-state index contributed by atoms with van der Waals surface area (Å²) in [4.78, 5) is 25.8. The van der Waals surface area contributed by atoms with Crippen molar-refractivity contribution in [3.05, 3.63) is 71.0 Å². The molecule has 0 bridgehead atoms. The van der Waals surface area contributed by atoms with Gasteiger partial charge in [-0.15, -0.1) is 0 Å². The molecule has 2 aromatic carbocycles. The minimum absolute atomic E-state index is 0.110. The topological polar surface area (TPSA) is 82.0 Å². The minimum Gasteiger partial charge on any atom is -0.354 e. The fourth-order valence-corrected chi connectivity index (χ4v) is 3.46. The van der Waals surface area contributed by atoms with E-state index in [0.717, 1.165) is 30.9 Å². The first-order valence-corrected chi connectivity index (χ1v) is 10.2. The highest BCUT2D eigenvalue weighted by atomic mass is 19.1. The summed E-state index contributed by atoms with van der Waals surface area (Å²) in [5.74, 6) is -1.53. The van der Waals surface area contributed by atoms with Crippen LogP contribution in [-0.4, -0.2) is 24.4 Å². The van der Waals surface area contributed by atoms with Crippen LogP contribution in [0.3, 0.4) is 0 Å². The molecular formula is C24H26FN3O2. The van der Waals surface area contributed by atoms with Crippen LogP contribution in [0.1, 0.15) is 55.7 Å². The number of hydrogen-bond acceptors (Lipinski definition) is 3. The molecule has 1 aliphatic carbocycles. The van der Waals surface area contributed by atoms with E-state index in [1.54, 1.807) is 13.8 Å².